The number of rotatable bonds is 0. The summed E-state index contributed by atoms with van der Waals surface area (Å²) in [6.45, 7) is 2.96. The zero-order chi connectivity index (χ0) is 10.3. The van der Waals surface area contributed by atoms with Crippen LogP contribution in [0.4, 0.5) is 0 Å². The monoisotopic (exact) mass is 223 g/mol. The molecule has 2 aliphatic rings. The molecule has 2 aliphatic heterocycles. The molecule has 1 aromatic carbocycles. The van der Waals surface area contributed by atoms with E-state index in [2.05, 4.69) is 11.4 Å². The van der Waals surface area contributed by atoms with Gasteiger partial charge < -0.3 is 10.1 Å². The minimum atomic E-state index is 0.584. The molecule has 0 unspecified atom stereocenters. The van der Waals surface area contributed by atoms with Gasteiger partial charge in [-0.3, -0.25) is 0 Å². The van der Waals surface area contributed by atoms with Crippen LogP contribution < -0.4 is 10.1 Å². The molecule has 1 N–H and O–H groups in total. The lowest BCUT2D eigenvalue weighted by molar-refractivity contribution is 0.296. The third kappa shape index (κ3) is 1.52. The van der Waals surface area contributed by atoms with Crippen molar-refractivity contribution in [2.75, 3.05) is 19.7 Å². The zero-order valence-corrected chi connectivity index (χ0v) is 9.26. The summed E-state index contributed by atoms with van der Waals surface area (Å²) in [5.74, 6) is 2.21. The quantitative estimate of drug-likeness (QED) is 0.730. The highest BCUT2D eigenvalue weighted by molar-refractivity contribution is 6.32. The number of hydrogen-bond donors (Lipinski definition) is 1. The van der Waals surface area contributed by atoms with Gasteiger partial charge in [-0.1, -0.05) is 23.7 Å². The molecule has 15 heavy (non-hydrogen) atoms. The summed E-state index contributed by atoms with van der Waals surface area (Å²) in [4.78, 5) is 0. The second-order valence-corrected chi connectivity index (χ2v) is 4.73. The van der Waals surface area contributed by atoms with Gasteiger partial charge in [0.2, 0.25) is 0 Å². The van der Waals surface area contributed by atoms with Crippen molar-refractivity contribution in [2.24, 2.45) is 5.92 Å². The topological polar surface area (TPSA) is 21.3 Å². The predicted molar refractivity (Wildman–Crippen MR) is 60.7 cm³/mol. The lowest BCUT2D eigenvalue weighted by Gasteiger charge is -2.16. The fourth-order valence-corrected chi connectivity index (χ4v) is 2.92. The van der Waals surface area contributed by atoms with Gasteiger partial charge in [0.05, 0.1) is 11.6 Å². The molecule has 0 amide bonds. The average Bonchev–Trinajstić information content (AvgIpc) is 2.62. The molecule has 3 heteroatoms. The standard InChI is InChI=1S/C12H14ClNO/c13-11-3-1-2-9-10-7-14-6-8(10)4-5-15-12(9)11/h1-3,8,10,14H,4-7H2/t8-,10+/m1/s1. The SMILES string of the molecule is Clc1cccc2c1OCC[C@@H]1CNC[C@H]21. The Hall–Kier alpha value is -0.730. The van der Waals surface area contributed by atoms with Crippen molar-refractivity contribution in [1.82, 2.24) is 5.32 Å². The summed E-state index contributed by atoms with van der Waals surface area (Å²) in [5.41, 5.74) is 1.29. The van der Waals surface area contributed by atoms with Gasteiger partial charge in [0, 0.05) is 18.0 Å². The largest absolute Gasteiger partial charge is 0.492 e. The Morgan fingerprint density at radius 2 is 2.27 bits per heavy atom. The van der Waals surface area contributed by atoms with Gasteiger partial charge in [-0.2, -0.15) is 0 Å². The normalized spacial score (nSPS) is 28.9. The number of ether oxygens (including phenoxy) is 1. The Balaban J connectivity index is 2.09. The Morgan fingerprint density at radius 1 is 1.33 bits per heavy atom. The molecule has 1 saturated heterocycles. The number of benzene rings is 1. The molecular weight excluding hydrogens is 210 g/mol. The van der Waals surface area contributed by atoms with Gasteiger partial charge in [-0.05, 0) is 24.9 Å². The molecule has 1 fully saturated rings. The van der Waals surface area contributed by atoms with Crippen LogP contribution in [-0.2, 0) is 0 Å². The van der Waals surface area contributed by atoms with Crippen LogP contribution in [0.2, 0.25) is 5.02 Å². The second kappa shape index (κ2) is 3.69. The number of nitrogens with one attached hydrogen (secondary N) is 1. The van der Waals surface area contributed by atoms with E-state index in [0.29, 0.717) is 11.8 Å². The molecule has 0 spiro atoms. The molecule has 0 radical (unpaired) electrons. The first-order valence-corrected chi connectivity index (χ1v) is 5.86. The zero-order valence-electron chi connectivity index (χ0n) is 8.50. The number of fused-ring (bicyclic) bond motifs is 3. The highest BCUT2D eigenvalue weighted by Crippen LogP contribution is 2.41. The molecule has 0 aliphatic carbocycles. The summed E-state index contributed by atoms with van der Waals surface area (Å²) in [6, 6.07) is 6.07. The second-order valence-electron chi connectivity index (χ2n) is 4.32. The summed E-state index contributed by atoms with van der Waals surface area (Å²) < 4.78 is 5.76. The van der Waals surface area contributed by atoms with E-state index in [-0.39, 0.29) is 0 Å². The molecule has 80 valence electrons. The maximum atomic E-state index is 6.16. The molecule has 0 saturated carbocycles. The Morgan fingerprint density at radius 3 is 3.20 bits per heavy atom. The van der Waals surface area contributed by atoms with Crippen molar-refractivity contribution in [3.05, 3.63) is 28.8 Å². The van der Waals surface area contributed by atoms with E-state index in [9.17, 15) is 0 Å². The van der Waals surface area contributed by atoms with E-state index in [1.807, 2.05) is 12.1 Å². The first-order valence-electron chi connectivity index (χ1n) is 5.48. The van der Waals surface area contributed by atoms with Crippen LogP contribution in [0.3, 0.4) is 0 Å². The van der Waals surface area contributed by atoms with Crippen LogP contribution in [-0.4, -0.2) is 19.7 Å². The third-order valence-corrected chi connectivity index (χ3v) is 3.77. The maximum Gasteiger partial charge on any atom is 0.141 e. The van der Waals surface area contributed by atoms with Gasteiger partial charge in [0.1, 0.15) is 5.75 Å². The van der Waals surface area contributed by atoms with Gasteiger partial charge in [0.15, 0.2) is 0 Å². The van der Waals surface area contributed by atoms with Crippen LogP contribution in [0, 0.1) is 5.92 Å². The number of para-hydroxylation sites is 1. The van der Waals surface area contributed by atoms with Crippen LogP contribution >= 0.6 is 11.6 Å². The third-order valence-electron chi connectivity index (χ3n) is 3.47. The molecule has 0 aromatic heterocycles. The van der Waals surface area contributed by atoms with Crippen molar-refractivity contribution in [3.63, 3.8) is 0 Å². The van der Waals surface area contributed by atoms with Crippen LogP contribution in [0.5, 0.6) is 5.75 Å². The van der Waals surface area contributed by atoms with Crippen molar-refractivity contribution >= 4 is 11.6 Å². The predicted octanol–water partition coefficient (Wildman–Crippen LogP) is 2.43. The van der Waals surface area contributed by atoms with E-state index in [4.69, 9.17) is 16.3 Å². The number of hydrogen-bond acceptors (Lipinski definition) is 2. The van der Waals surface area contributed by atoms with Crippen LogP contribution in [0.25, 0.3) is 0 Å². The molecule has 1 aromatic rings. The lowest BCUT2D eigenvalue weighted by atomic mass is 9.87. The van der Waals surface area contributed by atoms with E-state index < -0.39 is 0 Å². The Kier molecular flexibility index (Phi) is 2.33. The average molecular weight is 224 g/mol. The Bertz CT molecular complexity index is 380. The highest BCUT2D eigenvalue weighted by Gasteiger charge is 2.33. The lowest BCUT2D eigenvalue weighted by Crippen LogP contribution is -2.11. The molecule has 0 bridgehead atoms. The first kappa shape index (κ1) is 9.49. The van der Waals surface area contributed by atoms with Crippen molar-refractivity contribution in [3.8, 4) is 5.75 Å². The van der Waals surface area contributed by atoms with Gasteiger partial charge in [0.25, 0.3) is 0 Å². The summed E-state index contributed by atoms with van der Waals surface area (Å²) in [5, 5.41) is 4.20. The van der Waals surface area contributed by atoms with Crippen LogP contribution in [0.15, 0.2) is 18.2 Å². The molecule has 2 heterocycles. The van der Waals surface area contributed by atoms with Crippen molar-refractivity contribution < 1.29 is 4.74 Å². The number of halogens is 1. The van der Waals surface area contributed by atoms with E-state index >= 15 is 0 Å². The van der Waals surface area contributed by atoms with Crippen molar-refractivity contribution in [2.45, 2.75) is 12.3 Å². The molecule has 2 atom stereocenters. The fraction of sp³-hybridized carbons (Fsp3) is 0.500. The minimum Gasteiger partial charge on any atom is -0.492 e. The van der Waals surface area contributed by atoms with E-state index in [1.165, 1.54) is 5.56 Å². The minimum absolute atomic E-state index is 0.584. The molecule has 2 nitrogen and oxygen atoms in total. The van der Waals surface area contributed by atoms with Crippen molar-refractivity contribution in [1.29, 1.82) is 0 Å². The summed E-state index contributed by atoms with van der Waals surface area (Å²) in [7, 11) is 0. The van der Waals surface area contributed by atoms with Gasteiger partial charge >= 0.3 is 0 Å². The fourth-order valence-electron chi connectivity index (χ4n) is 2.68. The Labute approximate surface area is 94.6 Å². The molecule has 3 rings (SSSR count). The van der Waals surface area contributed by atoms with Gasteiger partial charge in [-0.15, -0.1) is 0 Å². The van der Waals surface area contributed by atoms with E-state index in [1.54, 1.807) is 0 Å². The highest BCUT2D eigenvalue weighted by atomic mass is 35.5. The van der Waals surface area contributed by atoms with E-state index in [0.717, 1.165) is 36.9 Å². The maximum absolute atomic E-state index is 6.16. The smallest absolute Gasteiger partial charge is 0.141 e. The summed E-state index contributed by atoms with van der Waals surface area (Å²) >= 11 is 6.16. The first-order chi connectivity index (χ1) is 7.36. The molecular formula is C12H14ClNO. The van der Waals surface area contributed by atoms with Crippen LogP contribution in [0.1, 0.15) is 17.9 Å². The van der Waals surface area contributed by atoms with Gasteiger partial charge in [-0.25, -0.2) is 0 Å². The summed E-state index contributed by atoms with van der Waals surface area (Å²) in [6.07, 6.45) is 1.13.